The van der Waals surface area contributed by atoms with Crippen molar-refractivity contribution in [3.8, 4) is 0 Å². The summed E-state index contributed by atoms with van der Waals surface area (Å²) in [6.07, 6.45) is 6.64. The molecule has 3 aromatic rings. The van der Waals surface area contributed by atoms with Crippen LogP contribution in [-0.2, 0) is 17.8 Å². The fraction of sp³-hybridized carbons (Fsp3) is 0.360. The number of hydrogen-bond acceptors (Lipinski definition) is 3. The van der Waals surface area contributed by atoms with E-state index in [1.165, 1.54) is 16.7 Å². The molecule has 1 unspecified atom stereocenters. The Kier molecular flexibility index (Phi) is 9.13. The summed E-state index contributed by atoms with van der Waals surface area (Å²) in [7, 11) is 0. The van der Waals surface area contributed by atoms with Crippen LogP contribution in [0.3, 0.4) is 0 Å². The van der Waals surface area contributed by atoms with Crippen molar-refractivity contribution in [2.45, 2.75) is 39.5 Å². The predicted molar refractivity (Wildman–Crippen MR) is 126 cm³/mol. The number of aromatic nitrogens is 2. The van der Waals surface area contributed by atoms with Crippen LogP contribution >= 0.6 is 0 Å². The van der Waals surface area contributed by atoms with Crippen molar-refractivity contribution in [2.24, 2.45) is 4.99 Å². The summed E-state index contributed by atoms with van der Waals surface area (Å²) in [5.41, 5.74) is 3.64. The highest BCUT2D eigenvalue weighted by molar-refractivity contribution is 5.79. The van der Waals surface area contributed by atoms with E-state index < -0.39 is 0 Å². The Morgan fingerprint density at radius 2 is 1.94 bits per heavy atom. The summed E-state index contributed by atoms with van der Waals surface area (Å²) in [5.74, 6) is 0.832. The van der Waals surface area contributed by atoms with Gasteiger partial charge in [0.25, 0.3) is 0 Å². The van der Waals surface area contributed by atoms with Gasteiger partial charge < -0.3 is 19.9 Å². The number of benzene rings is 2. The van der Waals surface area contributed by atoms with Gasteiger partial charge in [0.15, 0.2) is 5.96 Å². The molecule has 6 heteroatoms. The highest BCUT2D eigenvalue weighted by atomic mass is 16.5. The Balaban J connectivity index is 1.43. The van der Waals surface area contributed by atoms with Crippen molar-refractivity contribution in [1.29, 1.82) is 0 Å². The second kappa shape index (κ2) is 12.5. The van der Waals surface area contributed by atoms with Crippen molar-refractivity contribution >= 4 is 5.96 Å². The molecule has 0 bridgehead atoms. The summed E-state index contributed by atoms with van der Waals surface area (Å²) >= 11 is 0. The van der Waals surface area contributed by atoms with Gasteiger partial charge in [0.05, 0.1) is 19.0 Å². The first-order valence-electron chi connectivity index (χ1n) is 11.0. The molecule has 0 fully saturated rings. The summed E-state index contributed by atoms with van der Waals surface area (Å²) in [5, 5.41) is 6.72. The average molecular weight is 420 g/mol. The number of aliphatic imine (C=N–C) groups is 1. The first-order valence-corrected chi connectivity index (χ1v) is 11.0. The first-order chi connectivity index (χ1) is 15.2. The lowest BCUT2D eigenvalue weighted by atomic mass is 10.1. The van der Waals surface area contributed by atoms with Gasteiger partial charge in [-0.05, 0) is 37.0 Å². The Labute approximate surface area is 185 Å². The molecule has 0 saturated carbocycles. The van der Waals surface area contributed by atoms with Crippen molar-refractivity contribution in [3.63, 3.8) is 0 Å². The molecule has 6 nitrogen and oxygen atoms in total. The largest absolute Gasteiger partial charge is 0.374 e. The molecule has 164 valence electrons. The zero-order valence-electron chi connectivity index (χ0n) is 18.5. The number of imidazole rings is 1. The number of nitrogens with zero attached hydrogens (tertiary/aromatic N) is 3. The smallest absolute Gasteiger partial charge is 0.191 e. The van der Waals surface area contributed by atoms with Crippen molar-refractivity contribution in [2.75, 3.05) is 19.7 Å². The van der Waals surface area contributed by atoms with E-state index >= 15 is 0 Å². The number of guanidine groups is 1. The molecular formula is C25H33N5O. The Hall–Kier alpha value is -3.12. The van der Waals surface area contributed by atoms with Crippen molar-refractivity contribution in [3.05, 3.63) is 90.0 Å². The number of nitrogens with one attached hydrogen (secondary N) is 2. The van der Waals surface area contributed by atoms with Crippen LogP contribution in [0.5, 0.6) is 0 Å². The lowest BCUT2D eigenvalue weighted by Gasteiger charge is -2.15. The lowest BCUT2D eigenvalue weighted by Crippen LogP contribution is -2.38. The van der Waals surface area contributed by atoms with Crippen LogP contribution in [0.15, 0.2) is 78.3 Å². The molecular weight excluding hydrogens is 386 g/mol. The highest BCUT2D eigenvalue weighted by Crippen LogP contribution is 2.15. The molecule has 1 atom stereocenters. The van der Waals surface area contributed by atoms with E-state index in [0.29, 0.717) is 13.2 Å². The standard InChI is InChI=1S/C25H33N5O/c1-3-27-25(28-13-8-16-31-21(2)24-11-5-4-6-12-24)29-18-22-9-7-10-23(17-22)19-30-15-14-26-20-30/h4-7,9-12,14-15,17,20-21H,3,8,13,16,18-19H2,1-2H3,(H2,27,28,29). The molecule has 0 amide bonds. The minimum absolute atomic E-state index is 0.109. The lowest BCUT2D eigenvalue weighted by molar-refractivity contribution is 0.0646. The summed E-state index contributed by atoms with van der Waals surface area (Å²) in [6, 6.07) is 18.8. The van der Waals surface area contributed by atoms with Crippen LogP contribution < -0.4 is 10.6 Å². The second-order valence-corrected chi connectivity index (χ2v) is 7.45. The minimum atomic E-state index is 0.109. The van der Waals surface area contributed by atoms with Gasteiger partial charge in [-0.1, -0.05) is 54.6 Å². The van der Waals surface area contributed by atoms with Gasteiger partial charge in [0, 0.05) is 38.6 Å². The quantitative estimate of drug-likeness (QED) is 0.278. The third-order valence-electron chi connectivity index (χ3n) is 4.93. The normalized spacial score (nSPS) is 12.5. The molecule has 1 aromatic heterocycles. The van der Waals surface area contributed by atoms with Gasteiger partial charge in [-0.2, -0.15) is 0 Å². The molecule has 1 heterocycles. The first kappa shape index (κ1) is 22.6. The predicted octanol–water partition coefficient (Wildman–Crippen LogP) is 4.15. The SMILES string of the molecule is CCNC(=NCc1cccc(Cn2ccnc2)c1)NCCCOC(C)c1ccccc1. The maximum Gasteiger partial charge on any atom is 0.191 e. The fourth-order valence-electron chi connectivity index (χ4n) is 3.29. The fourth-order valence-corrected chi connectivity index (χ4v) is 3.29. The zero-order valence-corrected chi connectivity index (χ0v) is 18.5. The Morgan fingerprint density at radius 3 is 2.71 bits per heavy atom. The molecule has 2 aromatic carbocycles. The molecule has 0 spiro atoms. The second-order valence-electron chi connectivity index (χ2n) is 7.45. The van der Waals surface area contributed by atoms with Gasteiger partial charge in [-0.15, -0.1) is 0 Å². The molecule has 0 radical (unpaired) electrons. The summed E-state index contributed by atoms with van der Waals surface area (Å²) < 4.78 is 8.01. The van der Waals surface area contributed by atoms with Crippen LogP contribution in [0.4, 0.5) is 0 Å². The molecule has 0 saturated heterocycles. The minimum Gasteiger partial charge on any atom is -0.374 e. The van der Waals surface area contributed by atoms with Gasteiger partial charge in [0.1, 0.15) is 0 Å². The summed E-state index contributed by atoms with van der Waals surface area (Å²) in [6.45, 7) is 7.97. The van der Waals surface area contributed by atoms with Gasteiger partial charge in [-0.25, -0.2) is 9.98 Å². The molecule has 0 aliphatic carbocycles. The Bertz CT molecular complexity index is 909. The molecule has 2 N–H and O–H groups in total. The van der Waals surface area contributed by atoms with Crippen molar-refractivity contribution < 1.29 is 4.74 Å². The molecule has 31 heavy (non-hydrogen) atoms. The zero-order chi connectivity index (χ0) is 21.7. The molecule has 3 rings (SSSR count). The maximum absolute atomic E-state index is 5.95. The van der Waals surface area contributed by atoms with Crippen LogP contribution in [0.2, 0.25) is 0 Å². The third-order valence-corrected chi connectivity index (χ3v) is 4.93. The topological polar surface area (TPSA) is 63.5 Å². The summed E-state index contributed by atoms with van der Waals surface area (Å²) in [4.78, 5) is 8.84. The van der Waals surface area contributed by atoms with Crippen LogP contribution in [0.1, 0.15) is 43.1 Å². The molecule has 0 aliphatic rings. The van der Waals surface area contributed by atoms with Crippen LogP contribution in [0.25, 0.3) is 0 Å². The van der Waals surface area contributed by atoms with Crippen LogP contribution in [0, 0.1) is 0 Å². The van der Waals surface area contributed by atoms with Crippen molar-refractivity contribution in [1.82, 2.24) is 20.2 Å². The van der Waals surface area contributed by atoms with Crippen LogP contribution in [-0.4, -0.2) is 35.2 Å². The van der Waals surface area contributed by atoms with E-state index in [1.54, 1.807) is 6.20 Å². The van der Waals surface area contributed by atoms with E-state index in [0.717, 1.165) is 32.0 Å². The number of hydrogen-bond donors (Lipinski definition) is 2. The van der Waals surface area contributed by atoms with Gasteiger partial charge >= 0.3 is 0 Å². The van der Waals surface area contributed by atoms with E-state index in [-0.39, 0.29) is 6.10 Å². The van der Waals surface area contributed by atoms with E-state index in [9.17, 15) is 0 Å². The monoisotopic (exact) mass is 419 g/mol. The maximum atomic E-state index is 5.95. The Morgan fingerprint density at radius 1 is 1.10 bits per heavy atom. The van der Waals surface area contributed by atoms with E-state index in [1.807, 2.05) is 30.7 Å². The number of rotatable bonds is 11. The average Bonchev–Trinajstić information content (AvgIpc) is 3.31. The number of ether oxygens (including phenoxy) is 1. The van der Waals surface area contributed by atoms with E-state index in [4.69, 9.17) is 9.73 Å². The van der Waals surface area contributed by atoms with Gasteiger partial charge in [0.2, 0.25) is 0 Å². The molecule has 0 aliphatic heterocycles. The van der Waals surface area contributed by atoms with Gasteiger partial charge in [-0.3, -0.25) is 0 Å². The highest BCUT2D eigenvalue weighted by Gasteiger charge is 2.04. The van der Waals surface area contributed by atoms with E-state index in [2.05, 4.69) is 70.4 Å². The third kappa shape index (κ3) is 7.90.